The Bertz CT molecular complexity index is 291. The molecule has 4 atom stereocenters. The molecule has 0 spiro atoms. The van der Waals surface area contributed by atoms with Crippen LogP contribution in [0.25, 0.3) is 0 Å². The first-order chi connectivity index (χ1) is 12.4. The Balaban J connectivity index is 4.14. The zero-order chi connectivity index (χ0) is 19.8. The van der Waals surface area contributed by atoms with Crippen LogP contribution in [0.4, 0.5) is 0 Å². The Kier molecular flexibility index (Phi) is 16.5. The summed E-state index contributed by atoms with van der Waals surface area (Å²) in [7, 11) is 0. The standard InChI is InChI=1S/C16H34O10/c1-12(5-23-7-13(20)2-17)6-26-16(10-24-8-14(21)3-18)11-25-9-15(22)4-19/h12-22H,2-11H2,1H3. The van der Waals surface area contributed by atoms with Gasteiger partial charge in [0.1, 0.15) is 24.4 Å². The highest BCUT2D eigenvalue weighted by atomic mass is 16.6. The molecule has 26 heavy (non-hydrogen) atoms. The molecule has 10 heteroatoms. The van der Waals surface area contributed by atoms with E-state index in [0.29, 0.717) is 13.2 Å². The molecule has 0 aromatic heterocycles. The lowest BCUT2D eigenvalue weighted by Gasteiger charge is -2.22. The van der Waals surface area contributed by atoms with E-state index < -0.39 is 37.6 Å². The van der Waals surface area contributed by atoms with E-state index in [-0.39, 0.29) is 45.6 Å². The molecule has 0 aliphatic rings. The first kappa shape index (κ1) is 25.6. The Hall–Kier alpha value is -0.400. The van der Waals surface area contributed by atoms with Gasteiger partial charge < -0.3 is 49.6 Å². The molecule has 6 N–H and O–H groups in total. The molecule has 0 aromatic rings. The van der Waals surface area contributed by atoms with Crippen molar-refractivity contribution in [2.24, 2.45) is 5.92 Å². The lowest BCUT2D eigenvalue weighted by molar-refractivity contribution is -0.0977. The molecule has 0 heterocycles. The van der Waals surface area contributed by atoms with Crippen molar-refractivity contribution in [2.75, 3.05) is 66.1 Å². The summed E-state index contributed by atoms with van der Waals surface area (Å²) >= 11 is 0. The maximum Gasteiger partial charge on any atom is 0.104 e. The quantitative estimate of drug-likeness (QED) is 0.144. The van der Waals surface area contributed by atoms with Crippen LogP contribution in [0.5, 0.6) is 0 Å². The van der Waals surface area contributed by atoms with E-state index >= 15 is 0 Å². The van der Waals surface area contributed by atoms with Crippen molar-refractivity contribution in [2.45, 2.75) is 31.3 Å². The molecule has 4 unspecified atom stereocenters. The third-order valence-electron chi connectivity index (χ3n) is 3.19. The first-order valence-electron chi connectivity index (χ1n) is 8.64. The van der Waals surface area contributed by atoms with E-state index in [1.165, 1.54) is 0 Å². The van der Waals surface area contributed by atoms with Crippen LogP contribution in [0.1, 0.15) is 6.92 Å². The van der Waals surface area contributed by atoms with Crippen molar-refractivity contribution in [3.8, 4) is 0 Å². The predicted octanol–water partition coefficient (Wildman–Crippen LogP) is -2.88. The van der Waals surface area contributed by atoms with Crippen LogP contribution in [0.3, 0.4) is 0 Å². The van der Waals surface area contributed by atoms with Gasteiger partial charge in [0.05, 0.1) is 66.1 Å². The molecule has 0 saturated heterocycles. The van der Waals surface area contributed by atoms with E-state index in [4.69, 9.17) is 34.3 Å². The van der Waals surface area contributed by atoms with Gasteiger partial charge in [-0.05, 0) is 0 Å². The molecule has 0 amide bonds. The van der Waals surface area contributed by atoms with Crippen LogP contribution in [0, 0.1) is 5.92 Å². The highest BCUT2D eigenvalue weighted by Crippen LogP contribution is 2.04. The summed E-state index contributed by atoms with van der Waals surface area (Å²) < 4.78 is 21.5. The molecule has 0 radical (unpaired) electrons. The Morgan fingerprint density at radius 3 is 1.35 bits per heavy atom. The van der Waals surface area contributed by atoms with Gasteiger partial charge in [-0.3, -0.25) is 0 Å². The number of ether oxygens (including phenoxy) is 4. The van der Waals surface area contributed by atoms with Crippen LogP contribution < -0.4 is 0 Å². The van der Waals surface area contributed by atoms with Crippen LogP contribution in [0.15, 0.2) is 0 Å². The van der Waals surface area contributed by atoms with E-state index in [2.05, 4.69) is 0 Å². The third-order valence-corrected chi connectivity index (χ3v) is 3.19. The lowest BCUT2D eigenvalue weighted by atomic mass is 10.2. The fourth-order valence-corrected chi connectivity index (χ4v) is 1.73. The predicted molar refractivity (Wildman–Crippen MR) is 90.6 cm³/mol. The van der Waals surface area contributed by atoms with Gasteiger partial charge in [-0.2, -0.15) is 0 Å². The van der Waals surface area contributed by atoms with Crippen molar-refractivity contribution in [1.29, 1.82) is 0 Å². The molecular formula is C16H34O10. The summed E-state index contributed by atoms with van der Waals surface area (Å²) in [6.45, 7) is 1.53. The Labute approximate surface area is 153 Å². The van der Waals surface area contributed by atoms with Crippen molar-refractivity contribution < 1.29 is 49.6 Å². The van der Waals surface area contributed by atoms with Gasteiger partial charge in [-0.25, -0.2) is 0 Å². The van der Waals surface area contributed by atoms with Gasteiger partial charge >= 0.3 is 0 Å². The summed E-state index contributed by atoms with van der Waals surface area (Å²) in [5.41, 5.74) is 0. The molecule has 0 bridgehead atoms. The SMILES string of the molecule is CC(COCC(O)CO)COC(COCC(O)CO)COCC(O)CO. The maximum absolute atomic E-state index is 9.27. The molecule has 0 aromatic carbocycles. The summed E-state index contributed by atoms with van der Waals surface area (Å²) in [4.78, 5) is 0. The van der Waals surface area contributed by atoms with Gasteiger partial charge in [0.2, 0.25) is 0 Å². The summed E-state index contributed by atoms with van der Waals surface area (Å²) in [6, 6.07) is 0. The third kappa shape index (κ3) is 14.7. The van der Waals surface area contributed by atoms with Gasteiger partial charge in [0.15, 0.2) is 0 Å². The van der Waals surface area contributed by atoms with E-state index in [1.807, 2.05) is 6.92 Å². The van der Waals surface area contributed by atoms with Crippen molar-refractivity contribution >= 4 is 0 Å². The highest BCUT2D eigenvalue weighted by molar-refractivity contribution is 4.61. The smallest absolute Gasteiger partial charge is 0.104 e. The van der Waals surface area contributed by atoms with Crippen molar-refractivity contribution in [3.63, 3.8) is 0 Å². The Morgan fingerprint density at radius 2 is 0.962 bits per heavy atom. The van der Waals surface area contributed by atoms with Crippen LogP contribution in [-0.4, -0.2) is 121 Å². The average molecular weight is 386 g/mol. The summed E-state index contributed by atoms with van der Waals surface area (Å²) in [5, 5.41) is 54.0. The Morgan fingerprint density at radius 1 is 0.577 bits per heavy atom. The zero-order valence-corrected chi connectivity index (χ0v) is 15.3. The fraction of sp³-hybridized carbons (Fsp3) is 1.00. The second-order valence-corrected chi connectivity index (χ2v) is 6.18. The summed E-state index contributed by atoms with van der Waals surface area (Å²) in [5.74, 6) is 0.00876. The molecule has 0 aliphatic heterocycles. The van der Waals surface area contributed by atoms with E-state index in [0.717, 1.165) is 0 Å². The van der Waals surface area contributed by atoms with Gasteiger partial charge in [0, 0.05) is 5.92 Å². The minimum absolute atomic E-state index is 0.00876. The van der Waals surface area contributed by atoms with Crippen molar-refractivity contribution in [1.82, 2.24) is 0 Å². The minimum Gasteiger partial charge on any atom is -0.394 e. The number of hydrogen-bond acceptors (Lipinski definition) is 10. The maximum atomic E-state index is 9.27. The molecular weight excluding hydrogens is 352 g/mol. The molecule has 0 fully saturated rings. The van der Waals surface area contributed by atoms with Crippen LogP contribution in [-0.2, 0) is 18.9 Å². The number of aliphatic hydroxyl groups excluding tert-OH is 6. The van der Waals surface area contributed by atoms with E-state index in [9.17, 15) is 15.3 Å². The average Bonchev–Trinajstić information content (AvgIpc) is 2.64. The molecule has 0 aliphatic carbocycles. The lowest BCUT2D eigenvalue weighted by Crippen LogP contribution is -2.32. The largest absolute Gasteiger partial charge is 0.394 e. The number of aliphatic hydroxyl groups is 6. The first-order valence-corrected chi connectivity index (χ1v) is 8.64. The van der Waals surface area contributed by atoms with Crippen molar-refractivity contribution in [3.05, 3.63) is 0 Å². The topological polar surface area (TPSA) is 158 Å². The zero-order valence-electron chi connectivity index (χ0n) is 15.3. The number of hydrogen-bond donors (Lipinski definition) is 6. The molecule has 0 saturated carbocycles. The monoisotopic (exact) mass is 386 g/mol. The van der Waals surface area contributed by atoms with Crippen LogP contribution in [0.2, 0.25) is 0 Å². The highest BCUT2D eigenvalue weighted by Gasteiger charge is 2.15. The second-order valence-electron chi connectivity index (χ2n) is 6.18. The molecule has 10 nitrogen and oxygen atoms in total. The minimum atomic E-state index is -0.974. The normalized spacial score (nSPS) is 17.7. The van der Waals surface area contributed by atoms with Gasteiger partial charge in [0.25, 0.3) is 0 Å². The van der Waals surface area contributed by atoms with Gasteiger partial charge in [-0.15, -0.1) is 0 Å². The number of rotatable bonds is 18. The second kappa shape index (κ2) is 16.8. The van der Waals surface area contributed by atoms with Crippen LogP contribution >= 0.6 is 0 Å². The molecule has 158 valence electrons. The molecule has 0 rings (SSSR count). The summed E-state index contributed by atoms with van der Waals surface area (Å²) in [6.07, 6.45) is -3.33. The van der Waals surface area contributed by atoms with E-state index in [1.54, 1.807) is 0 Å². The van der Waals surface area contributed by atoms with Gasteiger partial charge in [-0.1, -0.05) is 6.92 Å². The fourth-order valence-electron chi connectivity index (χ4n) is 1.73.